The molecule has 9 nitrogen and oxygen atoms in total. The van der Waals surface area contributed by atoms with Crippen molar-refractivity contribution in [2.75, 3.05) is 39.3 Å². The second-order valence-corrected chi connectivity index (χ2v) is 8.65. The molecule has 1 amide bonds. The van der Waals surface area contributed by atoms with Gasteiger partial charge in [0, 0.05) is 26.2 Å². The molecule has 0 bridgehead atoms. The molecule has 4 rings (SSSR count). The molecular formula is C17H32ClN7O2. The zero-order valence-corrected chi connectivity index (χ0v) is 16.4. The maximum absolute atomic E-state index is 13.1. The van der Waals surface area contributed by atoms with Crippen molar-refractivity contribution in [1.29, 1.82) is 0 Å². The molecule has 4 heterocycles. The van der Waals surface area contributed by atoms with Crippen LogP contribution in [0, 0.1) is 5.92 Å². The van der Waals surface area contributed by atoms with Gasteiger partial charge in [0.05, 0.1) is 41.9 Å². The van der Waals surface area contributed by atoms with E-state index < -0.39 is 6.17 Å². The van der Waals surface area contributed by atoms with E-state index in [9.17, 15) is 4.79 Å². The normalized spacial score (nSPS) is 43.3. The van der Waals surface area contributed by atoms with Crippen molar-refractivity contribution in [3.63, 3.8) is 0 Å². The van der Waals surface area contributed by atoms with E-state index in [-0.39, 0.29) is 41.6 Å². The van der Waals surface area contributed by atoms with Crippen molar-refractivity contribution >= 4 is 17.5 Å². The summed E-state index contributed by atoms with van der Waals surface area (Å²) in [7, 11) is 0. The Labute approximate surface area is 165 Å². The number of hydrogen-bond donors (Lipinski definition) is 6. The van der Waals surface area contributed by atoms with Gasteiger partial charge >= 0.3 is 0 Å². The lowest BCUT2D eigenvalue weighted by Crippen LogP contribution is -2.61. The number of alkyl halides is 1. The number of hydrazine groups is 1. The van der Waals surface area contributed by atoms with Gasteiger partial charge in [-0.2, -0.15) is 0 Å². The molecule has 0 aromatic carbocycles. The lowest BCUT2D eigenvalue weighted by Gasteiger charge is -2.38. The molecule has 4 aliphatic heterocycles. The van der Waals surface area contributed by atoms with E-state index in [1.165, 1.54) is 0 Å². The molecule has 0 radical (unpaired) electrons. The topological polar surface area (TPSA) is 116 Å². The fraction of sp³-hybridized carbons (Fsp3) is 0.941. The van der Waals surface area contributed by atoms with Gasteiger partial charge in [0.1, 0.15) is 0 Å². The number of fused-ring (bicyclic) bond motifs is 1. The maximum Gasteiger partial charge on any atom is 0.229 e. The molecule has 0 aromatic heterocycles. The summed E-state index contributed by atoms with van der Waals surface area (Å²) in [5, 5.41) is 15.3. The third-order valence-corrected chi connectivity index (χ3v) is 6.28. The van der Waals surface area contributed by atoms with Crippen LogP contribution in [-0.2, 0) is 9.53 Å². The molecule has 0 spiro atoms. The molecule has 10 heteroatoms. The van der Waals surface area contributed by atoms with Crippen LogP contribution >= 0.6 is 11.6 Å². The second-order valence-electron chi connectivity index (χ2n) is 8.03. The van der Waals surface area contributed by atoms with Gasteiger partial charge in [-0.3, -0.25) is 10.1 Å². The fourth-order valence-electron chi connectivity index (χ4n) is 4.58. The highest BCUT2D eigenvalue weighted by molar-refractivity contribution is 6.21. The van der Waals surface area contributed by atoms with Crippen molar-refractivity contribution in [2.24, 2.45) is 11.7 Å². The summed E-state index contributed by atoms with van der Waals surface area (Å²) in [5.41, 5.74) is 9.40. The first-order valence-corrected chi connectivity index (χ1v) is 10.6. The van der Waals surface area contributed by atoms with Gasteiger partial charge in [-0.05, 0) is 32.4 Å². The van der Waals surface area contributed by atoms with Crippen LogP contribution in [0.5, 0.6) is 0 Å². The van der Waals surface area contributed by atoms with Crippen LogP contribution in [0.15, 0.2) is 0 Å². The standard InChI is InChI=1S/C17H32ClN7O2/c18-10-6-22-16-14(15(19)24-25(16)9-10)17(26)23-12-8-21-5-3-13(12)27-11-2-1-4-20-7-11/h10-16,20-22,24H,1-9,19H2,(H,23,26)/t10?,11-,12?,13?,14?,15?,16?/m1/s1. The van der Waals surface area contributed by atoms with Crippen LogP contribution in [0.3, 0.4) is 0 Å². The van der Waals surface area contributed by atoms with Gasteiger partial charge in [-0.15, -0.1) is 11.6 Å². The van der Waals surface area contributed by atoms with Crippen LogP contribution in [0.25, 0.3) is 0 Å². The number of amides is 1. The minimum absolute atomic E-state index is 0.00666. The van der Waals surface area contributed by atoms with Crippen LogP contribution in [-0.4, -0.2) is 86.1 Å². The molecule has 4 aliphatic rings. The Morgan fingerprint density at radius 1 is 1.19 bits per heavy atom. The molecule has 4 saturated heterocycles. The Hall–Kier alpha value is -0.520. The van der Waals surface area contributed by atoms with Crippen LogP contribution in [0.4, 0.5) is 0 Å². The summed E-state index contributed by atoms with van der Waals surface area (Å²) < 4.78 is 6.35. The van der Waals surface area contributed by atoms with E-state index in [1.54, 1.807) is 0 Å². The molecule has 4 fully saturated rings. The fourth-order valence-corrected chi connectivity index (χ4v) is 4.82. The van der Waals surface area contributed by atoms with E-state index in [0.717, 1.165) is 45.4 Å². The van der Waals surface area contributed by atoms with E-state index in [0.29, 0.717) is 13.1 Å². The van der Waals surface area contributed by atoms with E-state index in [2.05, 4.69) is 26.7 Å². The number of halogens is 1. The Morgan fingerprint density at radius 2 is 2.04 bits per heavy atom. The Balaban J connectivity index is 1.36. The van der Waals surface area contributed by atoms with Crippen LogP contribution < -0.4 is 32.4 Å². The SMILES string of the molecule is NC1NN2CC(Cl)CNC2C1C(=O)NC1CNCCC1O[C@@H]1CCCNC1. The summed E-state index contributed by atoms with van der Waals surface area (Å²) >= 11 is 6.21. The first-order valence-electron chi connectivity index (χ1n) is 10.1. The summed E-state index contributed by atoms with van der Waals surface area (Å²) in [4.78, 5) is 13.1. The number of rotatable bonds is 4. The van der Waals surface area contributed by atoms with Gasteiger partial charge in [0.2, 0.25) is 5.91 Å². The molecule has 27 heavy (non-hydrogen) atoms. The van der Waals surface area contributed by atoms with Gasteiger partial charge in [-0.1, -0.05) is 0 Å². The molecule has 7 atom stereocenters. The Kier molecular flexibility index (Phi) is 6.50. The molecule has 154 valence electrons. The molecule has 0 saturated carbocycles. The van der Waals surface area contributed by atoms with Gasteiger partial charge < -0.3 is 26.4 Å². The molecule has 6 unspecified atom stereocenters. The average Bonchev–Trinajstić information content (AvgIpc) is 2.99. The van der Waals surface area contributed by atoms with E-state index in [4.69, 9.17) is 22.1 Å². The van der Waals surface area contributed by atoms with Crippen LogP contribution in [0.2, 0.25) is 0 Å². The largest absolute Gasteiger partial charge is 0.371 e. The predicted molar refractivity (Wildman–Crippen MR) is 103 cm³/mol. The smallest absolute Gasteiger partial charge is 0.229 e. The number of nitrogens with zero attached hydrogens (tertiary/aromatic N) is 1. The average molecular weight is 402 g/mol. The molecule has 7 N–H and O–H groups in total. The highest BCUT2D eigenvalue weighted by atomic mass is 35.5. The third kappa shape index (κ3) is 4.56. The number of piperidine rings is 2. The lowest BCUT2D eigenvalue weighted by molar-refractivity contribution is -0.130. The van der Waals surface area contributed by atoms with Crippen molar-refractivity contribution in [3.8, 4) is 0 Å². The first kappa shape index (κ1) is 19.8. The number of nitrogens with two attached hydrogens (primary N) is 1. The van der Waals surface area contributed by atoms with Crippen molar-refractivity contribution in [1.82, 2.24) is 31.7 Å². The van der Waals surface area contributed by atoms with Crippen molar-refractivity contribution in [2.45, 2.75) is 55.2 Å². The van der Waals surface area contributed by atoms with Crippen LogP contribution in [0.1, 0.15) is 19.3 Å². The quantitative estimate of drug-likeness (QED) is 0.296. The monoisotopic (exact) mass is 401 g/mol. The number of nitrogens with one attached hydrogen (secondary N) is 5. The number of hydrogen-bond acceptors (Lipinski definition) is 8. The summed E-state index contributed by atoms with van der Waals surface area (Å²) in [5.74, 6) is -0.403. The molecular weight excluding hydrogens is 370 g/mol. The van der Waals surface area contributed by atoms with Gasteiger partial charge in [-0.25, -0.2) is 10.4 Å². The van der Waals surface area contributed by atoms with Gasteiger partial charge in [0.15, 0.2) is 0 Å². The molecule has 0 aliphatic carbocycles. The second kappa shape index (κ2) is 8.87. The molecule has 0 aromatic rings. The zero-order chi connectivity index (χ0) is 18.8. The Morgan fingerprint density at radius 3 is 2.85 bits per heavy atom. The maximum atomic E-state index is 13.1. The third-order valence-electron chi connectivity index (χ3n) is 5.99. The summed E-state index contributed by atoms with van der Waals surface area (Å²) in [6.07, 6.45) is 2.82. The minimum Gasteiger partial charge on any atom is -0.371 e. The summed E-state index contributed by atoms with van der Waals surface area (Å²) in [6.45, 7) is 4.93. The van der Waals surface area contributed by atoms with Gasteiger partial charge in [0.25, 0.3) is 0 Å². The van der Waals surface area contributed by atoms with Crippen molar-refractivity contribution < 1.29 is 9.53 Å². The predicted octanol–water partition coefficient (Wildman–Crippen LogP) is -2.14. The Bertz CT molecular complexity index is 522. The lowest BCUT2D eigenvalue weighted by atomic mass is 9.98. The van der Waals surface area contributed by atoms with E-state index >= 15 is 0 Å². The summed E-state index contributed by atoms with van der Waals surface area (Å²) in [6, 6.07) is -0.0428. The van der Waals surface area contributed by atoms with E-state index in [1.807, 2.05) is 5.01 Å². The zero-order valence-electron chi connectivity index (χ0n) is 15.6. The highest BCUT2D eigenvalue weighted by Gasteiger charge is 2.47. The minimum atomic E-state index is -0.428. The first-order chi connectivity index (χ1) is 13.1. The highest BCUT2D eigenvalue weighted by Crippen LogP contribution is 2.23. The number of carbonyl (C=O) groups excluding carboxylic acids is 1. The number of carbonyl (C=O) groups is 1. The van der Waals surface area contributed by atoms with Crippen molar-refractivity contribution in [3.05, 3.63) is 0 Å². The number of ether oxygens (including phenoxy) is 1.